The molecule has 3 aliphatic rings. The van der Waals surface area contributed by atoms with Crippen LogP contribution in [0.25, 0.3) is 10.9 Å². The molecular weight excluding hydrogens is 586 g/mol. The van der Waals surface area contributed by atoms with Gasteiger partial charge in [-0.3, -0.25) is 19.1 Å². The fourth-order valence-corrected chi connectivity index (χ4v) is 6.38. The normalized spacial score (nSPS) is 19.6. The predicted octanol–water partition coefficient (Wildman–Crippen LogP) is 4.80. The monoisotopic (exact) mass is 623 g/mol. The number of hydrogen-bond donors (Lipinski definition) is 1. The summed E-state index contributed by atoms with van der Waals surface area (Å²) in [5.41, 5.74) is 4.69. The van der Waals surface area contributed by atoms with Gasteiger partial charge in [0, 0.05) is 63.6 Å². The average Bonchev–Trinajstić information content (AvgIpc) is 3.72. The second kappa shape index (κ2) is 13.0. The smallest absolute Gasteiger partial charge is 0.288 e. The largest absolute Gasteiger partial charge is 0.459 e. The van der Waals surface area contributed by atoms with Gasteiger partial charge in [-0.1, -0.05) is 48.5 Å². The summed E-state index contributed by atoms with van der Waals surface area (Å²) in [6.07, 6.45) is 3.59. The molecule has 1 fully saturated rings. The first-order valence-corrected chi connectivity index (χ1v) is 15.6. The minimum Gasteiger partial charge on any atom is -0.459 e. The Morgan fingerprint density at radius 2 is 1.65 bits per heavy atom. The molecule has 0 aliphatic carbocycles. The maximum absolute atomic E-state index is 13.9. The zero-order valence-electron chi connectivity index (χ0n) is 25.8. The highest BCUT2D eigenvalue weighted by molar-refractivity contribution is 5.95. The summed E-state index contributed by atoms with van der Waals surface area (Å²) in [4.78, 5) is 30.6. The molecular formula is C36H37N3O7. The van der Waals surface area contributed by atoms with E-state index in [-0.39, 0.29) is 43.5 Å². The number of piperazine rings is 1. The van der Waals surface area contributed by atoms with Crippen LogP contribution in [0.4, 0.5) is 0 Å². The number of para-hydroxylation sites is 1. The fraction of sp³-hybridized carbons (Fsp3) is 0.333. The van der Waals surface area contributed by atoms with Crippen molar-refractivity contribution in [2.24, 2.45) is 0 Å². The van der Waals surface area contributed by atoms with Crippen molar-refractivity contribution in [3.8, 4) is 11.5 Å². The Kier molecular flexibility index (Phi) is 8.49. The van der Waals surface area contributed by atoms with Gasteiger partial charge in [-0.05, 0) is 46.5 Å². The van der Waals surface area contributed by atoms with Crippen molar-refractivity contribution >= 4 is 22.7 Å². The first-order valence-electron chi connectivity index (χ1n) is 15.6. The molecule has 46 heavy (non-hydrogen) atoms. The zero-order valence-corrected chi connectivity index (χ0v) is 25.8. The molecule has 4 aromatic rings. The molecule has 1 N–H and O–H groups in total. The average molecular weight is 624 g/mol. The Labute approximate surface area is 267 Å². The van der Waals surface area contributed by atoms with Crippen LogP contribution in [-0.2, 0) is 34.0 Å². The molecule has 1 aromatic heterocycles. The van der Waals surface area contributed by atoms with Crippen molar-refractivity contribution < 1.29 is 33.6 Å². The number of fused-ring (bicyclic) bond motifs is 2. The van der Waals surface area contributed by atoms with Crippen molar-refractivity contribution in [2.75, 3.05) is 33.0 Å². The number of amides is 1. The molecule has 10 heteroatoms. The van der Waals surface area contributed by atoms with E-state index in [9.17, 15) is 14.7 Å². The number of carbonyl (C=O) groups excluding carboxylic acids is 2. The van der Waals surface area contributed by atoms with Crippen LogP contribution >= 0.6 is 0 Å². The van der Waals surface area contributed by atoms with Crippen molar-refractivity contribution in [1.82, 2.24) is 14.4 Å². The lowest BCUT2D eigenvalue weighted by Crippen LogP contribution is -2.49. The maximum atomic E-state index is 13.9. The third-order valence-corrected chi connectivity index (χ3v) is 8.89. The van der Waals surface area contributed by atoms with E-state index in [4.69, 9.17) is 18.9 Å². The lowest BCUT2D eigenvalue weighted by molar-refractivity contribution is -0.157. The molecule has 0 unspecified atom stereocenters. The van der Waals surface area contributed by atoms with Gasteiger partial charge in [-0.25, -0.2) is 0 Å². The quantitative estimate of drug-likeness (QED) is 0.299. The Bertz CT molecular complexity index is 1770. The number of aliphatic hydroxyl groups excluding tert-OH is 1. The van der Waals surface area contributed by atoms with Crippen LogP contribution in [-0.4, -0.2) is 70.5 Å². The van der Waals surface area contributed by atoms with E-state index >= 15 is 0 Å². The van der Waals surface area contributed by atoms with Crippen LogP contribution in [0.3, 0.4) is 0 Å². The number of rotatable bonds is 8. The number of carbonyl (C=O) groups is 2. The topological polar surface area (TPSA) is 103 Å². The van der Waals surface area contributed by atoms with Gasteiger partial charge in [0.05, 0.1) is 18.7 Å². The number of hydrogen-bond acceptors (Lipinski definition) is 8. The van der Waals surface area contributed by atoms with Gasteiger partial charge < -0.3 is 29.0 Å². The lowest BCUT2D eigenvalue weighted by Gasteiger charge is -2.36. The summed E-state index contributed by atoms with van der Waals surface area (Å²) in [7, 11) is 0. The summed E-state index contributed by atoms with van der Waals surface area (Å²) in [6.45, 7) is 5.42. The molecule has 1 saturated heterocycles. The van der Waals surface area contributed by atoms with Crippen molar-refractivity contribution in [2.45, 2.75) is 45.3 Å². The maximum Gasteiger partial charge on any atom is 0.288 e. The number of allylic oxidation sites excluding steroid dienone is 1. The van der Waals surface area contributed by atoms with Crippen LogP contribution in [0.5, 0.6) is 11.5 Å². The first kappa shape index (κ1) is 30.0. The molecule has 1 amide bonds. The van der Waals surface area contributed by atoms with E-state index in [1.165, 1.54) is 0 Å². The van der Waals surface area contributed by atoms with Gasteiger partial charge in [0.25, 0.3) is 5.91 Å². The molecule has 3 aromatic carbocycles. The minimum atomic E-state index is -0.668. The van der Waals surface area contributed by atoms with Gasteiger partial charge in [0.1, 0.15) is 0 Å². The van der Waals surface area contributed by atoms with E-state index in [0.717, 1.165) is 64.3 Å². The van der Waals surface area contributed by atoms with Crippen LogP contribution < -0.4 is 9.47 Å². The molecule has 4 heterocycles. The molecule has 238 valence electrons. The van der Waals surface area contributed by atoms with Gasteiger partial charge in [0.15, 0.2) is 17.3 Å². The minimum absolute atomic E-state index is 0.0225. The fourth-order valence-electron chi connectivity index (χ4n) is 6.38. The van der Waals surface area contributed by atoms with E-state index in [1.54, 1.807) is 11.5 Å². The predicted molar refractivity (Wildman–Crippen MR) is 170 cm³/mol. The summed E-state index contributed by atoms with van der Waals surface area (Å²) in [5, 5.41) is 10.3. The van der Waals surface area contributed by atoms with Crippen molar-refractivity contribution in [3.05, 3.63) is 107 Å². The third kappa shape index (κ3) is 6.24. The first-order chi connectivity index (χ1) is 22.4. The number of aromatic nitrogens is 1. The van der Waals surface area contributed by atoms with E-state index in [2.05, 4.69) is 11.0 Å². The summed E-state index contributed by atoms with van der Waals surface area (Å²) in [6, 6.07) is 21.4. The number of benzene rings is 3. The molecule has 0 bridgehead atoms. The van der Waals surface area contributed by atoms with Gasteiger partial charge in [-0.2, -0.15) is 0 Å². The van der Waals surface area contributed by atoms with E-state index in [0.29, 0.717) is 19.5 Å². The number of ether oxygens (including phenoxy) is 4. The zero-order chi connectivity index (χ0) is 31.6. The molecule has 0 saturated carbocycles. The van der Waals surface area contributed by atoms with E-state index < -0.39 is 6.29 Å². The highest BCUT2D eigenvalue weighted by Crippen LogP contribution is 2.37. The van der Waals surface area contributed by atoms with Gasteiger partial charge in [-0.15, -0.1) is 0 Å². The second-order valence-electron chi connectivity index (χ2n) is 12.0. The molecule has 3 aliphatic heterocycles. The van der Waals surface area contributed by atoms with Crippen LogP contribution in [0, 0.1) is 0 Å². The van der Waals surface area contributed by atoms with Crippen LogP contribution in [0.1, 0.15) is 46.3 Å². The second-order valence-corrected chi connectivity index (χ2v) is 12.0. The van der Waals surface area contributed by atoms with Crippen molar-refractivity contribution in [1.29, 1.82) is 0 Å². The summed E-state index contributed by atoms with van der Waals surface area (Å²) < 4.78 is 25.1. The Morgan fingerprint density at radius 3 is 2.43 bits per heavy atom. The van der Waals surface area contributed by atoms with Crippen molar-refractivity contribution in [3.63, 3.8) is 0 Å². The molecule has 7 rings (SSSR count). The Balaban J connectivity index is 1.08. The Morgan fingerprint density at radius 1 is 0.913 bits per heavy atom. The Hall–Kier alpha value is -4.64. The molecule has 0 radical (unpaired) electrons. The molecule has 2 atom stereocenters. The van der Waals surface area contributed by atoms with Gasteiger partial charge >= 0.3 is 0 Å². The molecule has 10 nitrogen and oxygen atoms in total. The van der Waals surface area contributed by atoms with Crippen LogP contribution in [0.2, 0.25) is 0 Å². The van der Waals surface area contributed by atoms with Crippen LogP contribution in [0.15, 0.2) is 84.8 Å². The number of nitrogens with zero attached hydrogens (tertiary/aromatic N) is 3. The van der Waals surface area contributed by atoms with E-state index in [1.807, 2.05) is 77.8 Å². The van der Waals surface area contributed by atoms with Gasteiger partial charge in [0.2, 0.25) is 19.0 Å². The summed E-state index contributed by atoms with van der Waals surface area (Å²) in [5.74, 6) is 1.36. The molecule has 0 spiro atoms. The lowest BCUT2D eigenvalue weighted by atomic mass is 9.92. The SMILES string of the molecule is CC(=O)n1cc([C@@H]2C=C(C(=O)N3CCN(Cc4ccc5c(c4)OCO5)CC3)O[C@H](OCc3ccc(CO)cc3)C2)c2ccccc21. The highest BCUT2D eigenvalue weighted by atomic mass is 16.7. The summed E-state index contributed by atoms with van der Waals surface area (Å²) >= 11 is 0. The standard InChI is InChI=1S/C36H37N3O7/c1-24(41)39-20-30(29-4-2-3-5-31(29)39)28-17-34(46-35(18-28)43-22-26-8-6-25(21-40)7-9-26)36(42)38-14-12-37(13-15-38)19-27-10-11-32-33(16-27)45-23-44-32/h2-11,16-17,20,28,35,40H,12-15,18-19,21-23H2,1H3/t28-,35+/m1/s1. The number of aliphatic hydroxyl groups is 1. The highest BCUT2D eigenvalue weighted by Gasteiger charge is 2.34. The third-order valence-electron chi connectivity index (χ3n) is 8.89.